The third-order valence-electron chi connectivity index (χ3n) is 2.34. The fraction of sp³-hybridized carbons (Fsp3) is 0.364. The Morgan fingerprint density at radius 3 is 2.24 bits per heavy atom. The standard InChI is InChI=1S/C11H11F3O2S/c12-11(13,14)8(10(15)16)6-9(17)7-4-2-1-3-5-7/h1-5,8-9,17H,6H2,(H,15,16)/t8-,9+/m0/s1. The molecule has 0 bridgehead atoms. The second kappa shape index (κ2) is 5.44. The van der Waals surface area contributed by atoms with Gasteiger partial charge in [0.05, 0.1) is 0 Å². The molecule has 0 saturated heterocycles. The first-order valence-electron chi connectivity index (χ1n) is 4.85. The maximum absolute atomic E-state index is 12.4. The summed E-state index contributed by atoms with van der Waals surface area (Å²) in [6.45, 7) is 0. The van der Waals surface area contributed by atoms with Crippen LogP contribution in [0.1, 0.15) is 17.2 Å². The van der Waals surface area contributed by atoms with Gasteiger partial charge in [0.1, 0.15) is 0 Å². The van der Waals surface area contributed by atoms with Crippen molar-refractivity contribution >= 4 is 18.6 Å². The second-order valence-electron chi connectivity index (χ2n) is 3.59. The lowest BCUT2D eigenvalue weighted by Gasteiger charge is -2.19. The Labute approximate surface area is 102 Å². The van der Waals surface area contributed by atoms with Crippen LogP contribution in [0.4, 0.5) is 13.2 Å². The maximum atomic E-state index is 12.4. The molecule has 17 heavy (non-hydrogen) atoms. The summed E-state index contributed by atoms with van der Waals surface area (Å²) in [7, 11) is 0. The highest BCUT2D eigenvalue weighted by molar-refractivity contribution is 7.80. The van der Waals surface area contributed by atoms with Gasteiger partial charge in [-0.2, -0.15) is 25.8 Å². The predicted molar refractivity (Wildman–Crippen MR) is 60.0 cm³/mol. The van der Waals surface area contributed by atoms with E-state index in [1.165, 1.54) is 0 Å². The molecule has 2 atom stereocenters. The molecule has 1 aromatic rings. The van der Waals surface area contributed by atoms with Crippen molar-refractivity contribution in [1.29, 1.82) is 0 Å². The molecular formula is C11H11F3O2S. The number of halogens is 3. The Hall–Kier alpha value is -1.17. The average molecular weight is 264 g/mol. The second-order valence-corrected chi connectivity index (χ2v) is 4.22. The molecule has 6 heteroatoms. The molecular weight excluding hydrogens is 253 g/mol. The number of carboxylic acids is 1. The molecule has 0 saturated carbocycles. The van der Waals surface area contributed by atoms with E-state index in [9.17, 15) is 18.0 Å². The van der Waals surface area contributed by atoms with Gasteiger partial charge in [-0.15, -0.1) is 0 Å². The fourth-order valence-corrected chi connectivity index (χ4v) is 1.79. The van der Waals surface area contributed by atoms with Crippen LogP contribution in [0, 0.1) is 5.92 Å². The molecule has 1 rings (SSSR count). The van der Waals surface area contributed by atoms with Crippen LogP contribution in [0.5, 0.6) is 0 Å². The fourth-order valence-electron chi connectivity index (χ4n) is 1.41. The lowest BCUT2D eigenvalue weighted by atomic mass is 9.98. The van der Waals surface area contributed by atoms with Crippen molar-refractivity contribution in [3.8, 4) is 0 Å². The SMILES string of the molecule is O=C(O)[C@H](C[C@@H](S)c1ccccc1)C(F)(F)F. The Morgan fingerprint density at radius 1 is 1.29 bits per heavy atom. The van der Waals surface area contributed by atoms with Crippen LogP contribution in [0.3, 0.4) is 0 Å². The van der Waals surface area contributed by atoms with Crippen LogP contribution in [0.25, 0.3) is 0 Å². The van der Waals surface area contributed by atoms with E-state index >= 15 is 0 Å². The number of hydrogen-bond donors (Lipinski definition) is 2. The van der Waals surface area contributed by atoms with Gasteiger partial charge in [0.2, 0.25) is 0 Å². The summed E-state index contributed by atoms with van der Waals surface area (Å²) in [6.07, 6.45) is -5.33. The van der Waals surface area contributed by atoms with Crippen LogP contribution in [0.15, 0.2) is 30.3 Å². The quantitative estimate of drug-likeness (QED) is 0.819. The molecule has 94 valence electrons. The molecule has 0 aromatic heterocycles. The number of thiol groups is 1. The van der Waals surface area contributed by atoms with Crippen molar-refractivity contribution < 1.29 is 23.1 Å². The highest BCUT2D eigenvalue weighted by atomic mass is 32.1. The number of carboxylic acid groups (broad SMARTS) is 1. The van der Waals surface area contributed by atoms with Crippen LogP contribution < -0.4 is 0 Å². The third kappa shape index (κ3) is 3.96. The Morgan fingerprint density at radius 2 is 1.82 bits per heavy atom. The first kappa shape index (κ1) is 13.9. The van der Waals surface area contributed by atoms with Gasteiger partial charge in [-0.25, -0.2) is 0 Å². The number of rotatable bonds is 4. The largest absolute Gasteiger partial charge is 0.481 e. The van der Waals surface area contributed by atoms with Crippen molar-refractivity contribution in [1.82, 2.24) is 0 Å². The van der Waals surface area contributed by atoms with Crippen LogP contribution in [0.2, 0.25) is 0 Å². The van der Waals surface area contributed by atoms with Gasteiger partial charge >= 0.3 is 12.1 Å². The van der Waals surface area contributed by atoms with Gasteiger partial charge in [0.15, 0.2) is 5.92 Å². The minimum absolute atomic E-state index is 0.575. The van der Waals surface area contributed by atoms with Gasteiger partial charge in [0.25, 0.3) is 0 Å². The van der Waals surface area contributed by atoms with Gasteiger partial charge < -0.3 is 5.11 Å². The number of hydrogen-bond acceptors (Lipinski definition) is 2. The average Bonchev–Trinajstić information content (AvgIpc) is 2.24. The van der Waals surface area contributed by atoms with Crippen LogP contribution in [-0.4, -0.2) is 17.3 Å². The molecule has 0 radical (unpaired) electrons. The first-order chi connectivity index (χ1) is 7.82. The van der Waals surface area contributed by atoms with Gasteiger partial charge in [-0.1, -0.05) is 30.3 Å². The Bertz CT molecular complexity index is 378. The summed E-state index contributed by atoms with van der Waals surface area (Å²) in [6, 6.07) is 8.30. The topological polar surface area (TPSA) is 37.3 Å². The Kier molecular flexibility index (Phi) is 4.45. The smallest absolute Gasteiger partial charge is 0.402 e. The zero-order valence-electron chi connectivity index (χ0n) is 8.69. The molecule has 2 nitrogen and oxygen atoms in total. The first-order valence-corrected chi connectivity index (χ1v) is 5.36. The van der Waals surface area contributed by atoms with Crippen LogP contribution >= 0.6 is 12.6 Å². The van der Waals surface area contributed by atoms with E-state index in [0.29, 0.717) is 5.56 Å². The zero-order valence-corrected chi connectivity index (χ0v) is 9.58. The van der Waals surface area contributed by atoms with E-state index in [2.05, 4.69) is 12.6 Å². The summed E-state index contributed by atoms with van der Waals surface area (Å²) < 4.78 is 37.3. The van der Waals surface area contributed by atoms with Crippen molar-refractivity contribution in [2.45, 2.75) is 17.8 Å². The summed E-state index contributed by atoms with van der Waals surface area (Å²) in [4.78, 5) is 10.6. The summed E-state index contributed by atoms with van der Waals surface area (Å²) >= 11 is 4.02. The van der Waals surface area contributed by atoms with E-state index in [-0.39, 0.29) is 0 Å². The van der Waals surface area contributed by atoms with Gasteiger partial charge in [0, 0.05) is 5.25 Å². The Balaban J connectivity index is 2.79. The lowest BCUT2D eigenvalue weighted by molar-refractivity contribution is -0.194. The molecule has 0 aliphatic heterocycles. The monoisotopic (exact) mass is 264 g/mol. The molecule has 1 aromatic carbocycles. The van der Waals surface area contributed by atoms with Crippen molar-refractivity contribution in [2.75, 3.05) is 0 Å². The van der Waals surface area contributed by atoms with E-state index < -0.39 is 29.7 Å². The maximum Gasteiger partial charge on any atom is 0.402 e. The summed E-state index contributed by atoms with van der Waals surface area (Å²) in [5.41, 5.74) is 0.575. The van der Waals surface area contributed by atoms with Crippen LogP contribution in [-0.2, 0) is 4.79 Å². The third-order valence-corrected chi connectivity index (χ3v) is 2.85. The number of alkyl halides is 3. The summed E-state index contributed by atoms with van der Waals surface area (Å²) in [5.74, 6) is -4.25. The highest BCUT2D eigenvalue weighted by Crippen LogP contribution is 2.36. The normalized spacial score (nSPS) is 15.3. The molecule has 1 N–H and O–H groups in total. The highest BCUT2D eigenvalue weighted by Gasteiger charge is 2.45. The molecule has 0 aliphatic rings. The molecule has 0 fully saturated rings. The number of carbonyl (C=O) groups is 1. The predicted octanol–water partition coefficient (Wildman–Crippen LogP) is 3.31. The van der Waals surface area contributed by atoms with Crippen molar-refractivity contribution in [3.63, 3.8) is 0 Å². The van der Waals surface area contributed by atoms with E-state index in [1.807, 2.05) is 0 Å². The van der Waals surface area contributed by atoms with Crippen molar-refractivity contribution in [3.05, 3.63) is 35.9 Å². The minimum atomic E-state index is -4.75. The van der Waals surface area contributed by atoms with Gasteiger partial charge in [-0.05, 0) is 12.0 Å². The minimum Gasteiger partial charge on any atom is -0.481 e. The van der Waals surface area contributed by atoms with Crippen molar-refractivity contribution in [2.24, 2.45) is 5.92 Å². The van der Waals surface area contributed by atoms with E-state index in [4.69, 9.17) is 5.11 Å². The lowest BCUT2D eigenvalue weighted by Crippen LogP contribution is -2.31. The molecule has 0 aliphatic carbocycles. The van der Waals surface area contributed by atoms with Gasteiger partial charge in [-0.3, -0.25) is 4.79 Å². The molecule has 0 spiro atoms. The number of aliphatic carboxylic acids is 1. The molecule has 0 unspecified atom stereocenters. The summed E-state index contributed by atoms with van der Waals surface area (Å²) in [5, 5.41) is 7.80. The molecule has 0 heterocycles. The van der Waals surface area contributed by atoms with E-state index in [1.54, 1.807) is 30.3 Å². The zero-order chi connectivity index (χ0) is 13.1. The number of benzene rings is 1. The van der Waals surface area contributed by atoms with E-state index in [0.717, 1.165) is 0 Å². The molecule has 0 amide bonds.